The molecule has 4 aromatic carbocycles. The lowest BCUT2D eigenvalue weighted by Crippen LogP contribution is -2.20. The van der Waals surface area contributed by atoms with E-state index in [1.807, 2.05) is 37.3 Å². The number of carbonyl (C=O) groups excluding carboxylic acids is 2. The molecule has 9 nitrogen and oxygen atoms in total. The second-order valence-corrected chi connectivity index (χ2v) is 10.1. The molecule has 2 N–H and O–H groups in total. The molecule has 0 aliphatic rings. The van der Waals surface area contributed by atoms with E-state index in [9.17, 15) is 14.0 Å². The maximum absolute atomic E-state index is 13.1. The van der Waals surface area contributed by atoms with Crippen molar-refractivity contribution in [2.24, 2.45) is 5.10 Å². The summed E-state index contributed by atoms with van der Waals surface area (Å²) in [5.74, 6) is 0.491. The normalized spacial score (nSPS) is 10.7. The minimum absolute atomic E-state index is 0.285. The molecule has 0 fully saturated rings. The molecule has 11 heteroatoms. The van der Waals surface area contributed by atoms with Crippen LogP contribution in [0.3, 0.4) is 0 Å². The molecule has 2 amide bonds. The van der Waals surface area contributed by atoms with Gasteiger partial charge in [-0.2, -0.15) is 5.10 Å². The Balaban J connectivity index is 1.36. The largest absolute Gasteiger partial charge is 0.493 e. The number of benzene rings is 4. The molecule has 0 radical (unpaired) electrons. The van der Waals surface area contributed by atoms with Gasteiger partial charge in [-0.1, -0.05) is 30.3 Å². The van der Waals surface area contributed by atoms with Crippen molar-refractivity contribution in [1.29, 1.82) is 0 Å². The second kappa shape index (κ2) is 15.5. The van der Waals surface area contributed by atoms with Crippen molar-refractivity contribution in [2.75, 3.05) is 25.6 Å². The molecule has 43 heavy (non-hydrogen) atoms. The van der Waals surface area contributed by atoms with Gasteiger partial charge in [0.25, 0.3) is 11.8 Å². The predicted molar refractivity (Wildman–Crippen MR) is 170 cm³/mol. The van der Waals surface area contributed by atoms with Gasteiger partial charge < -0.3 is 24.3 Å². The molecule has 0 heterocycles. The smallest absolute Gasteiger partial charge is 0.271 e. The van der Waals surface area contributed by atoms with Gasteiger partial charge in [-0.25, -0.2) is 9.82 Å². The third kappa shape index (κ3) is 9.17. The molecular weight excluding hydrogens is 668 g/mol. The summed E-state index contributed by atoms with van der Waals surface area (Å²) in [7, 11) is 1.47. The molecule has 0 spiro atoms. The van der Waals surface area contributed by atoms with Crippen LogP contribution in [0.2, 0.25) is 0 Å². The van der Waals surface area contributed by atoms with Crippen LogP contribution in [0.1, 0.15) is 28.4 Å². The Morgan fingerprint density at radius 1 is 0.907 bits per heavy atom. The summed E-state index contributed by atoms with van der Waals surface area (Å²) in [4.78, 5) is 25.1. The summed E-state index contributed by atoms with van der Waals surface area (Å²) in [6.45, 7) is 2.34. The summed E-state index contributed by atoms with van der Waals surface area (Å²) in [5.41, 5.74) is 4.96. The summed E-state index contributed by atoms with van der Waals surface area (Å²) in [6.07, 6.45) is 1.47. The minimum Gasteiger partial charge on any atom is -0.493 e. The van der Waals surface area contributed by atoms with Crippen LogP contribution >= 0.6 is 22.6 Å². The molecule has 222 valence electrons. The zero-order valence-electron chi connectivity index (χ0n) is 23.4. The van der Waals surface area contributed by atoms with Crippen LogP contribution in [0.25, 0.3) is 0 Å². The first kappa shape index (κ1) is 31.3. The second-order valence-electron chi connectivity index (χ2n) is 8.95. The zero-order valence-corrected chi connectivity index (χ0v) is 25.6. The molecule has 0 aromatic heterocycles. The van der Waals surface area contributed by atoms with Gasteiger partial charge in [0.15, 0.2) is 29.6 Å². The highest BCUT2D eigenvalue weighted by Gasteiger charge is 2.15. The molecule has 0 atom stereocenters. The third-order valence-electron chi connectivity index (χ3n) is 5.85. The van der Waals surface area contributed by atoms with Crippen LogP contribution < -0.4 is 29.7 Å². The van der Waals surface area contributed by atoms with Crippen molar-refractivity contribution in [3.63, 3.8) is 0 Å². The van der Waals surface area contributed by atoms with Gasteiger partial charge >= 0.3 is 0 Å². The van der Waals surface area contributed by atoms with Crippen LogP contribution in [-0.4, -0.2) is 38.4 Å². The van der Waals surface area contributed by atoms with Crippen LogP contribution in [0.15, 0.2) is 90.0 Å². The number of carbonyl (C=O) groups is 2. The highest BCUT2D eigenvalue weighted by Crippen LogP contribution is 2.34. The molecule has 0 saturated heterocycles. The number of nitrogens with one attached hydrogen (secondary N) is 2. The van der Waals surface area contributed by atoms with E-state index in [2.05, 4.69) is 38.4 Å². The van der Waals surface area contributed by atoms with Crippen molar-refractivity contribution in [3.8, 4) is 23.0 Å². The van der Waals surface area contributed by atoms with Gasteiger partial charge in [0.1, 0.15) is 12.4 Å². The van der Waals surface area contributed by atoms with Crippen molar-refractivity contribution >= 4 is 46.3 Å². The van der Waals surface area contributed by atoms with Gasteiger partial charge in [0.2, 0.25) is 0 Å². The molecule has 0 unspecified atom stereocenters. The van der Waals surface area contributed by atoms with Gasteiger partial charge in [0, 0.05) is 11.3 Å². The summed E-state index contributed by atoms with van der Waals surface area (Å²) >= 11 is 2.05. The number of anilines is 1. The topological polar surface area (TPSA) is 107 Å². The Hall–Kier alpha value is -4.65. The molecule has 0 aliphatic carbocycles. The van der Waals surface area contributed by atoms with E-state index in [0.717, 1.165) is 5.56 Å². The van der Waals surface area contributed by atoms with E-state index >= 15 is 0 Å². The van der Waals surface area contributed by atoms with Crippen LogP contribution in [0.4, 0.5) is 10.1 Å². The van der Waals surface area contributed by atoms with Crippen LogP contribution in [0.5, 0.6) is 23.0 Å². The maximum Gasteiger partial charge on any atom is 0.271 e. The Bertz CT molecular complexity index is 1580. The molecule has 4 rings (SSSR count). The first-order valence-corrected chi connectivity index (χ1v) is 14.3. The van der Waals surface area contributed by atoms with Crippen molar-refractivity contribution < 1.29 is 32.9 Å². The van der Waals surface area contributed by atoms with Crippen LogP contribution in [-0.2, 0) is 11.4 Å². The first-order valence-electron chi connectivity index (χ1n) is 13.2. The highest BCUT2D eigenvalue weighted by molar-refractivity contribution is 14.1. The lowest BCUT2D eigenvalue weighted by Gasteiger charge is -2.14. The van der Waals surface area contributed by atoms with E-state index < -0.39 is 17.6 Å². The van der Waals surface area contributed by atoms with E-state index in [0.29, 0.717) is 56.6 Å². The Morgan fingerprint density at radius 3 is 2.40 bits per heavy atom. The third-order valence-corrected chi connectivity index (χ3v) is 6.65. The van der Waals surface area contributed by atoms with Crippen molar-refractivity contribution in [2.45, 2.75) is 13.5 Å². The lowest BCUT2D eigenvalue weighted by atomic mass is 10.2. The predicted octanol–water partition coefficient (Wildman–Crippen LogP) is 6.20. The van der Waals surface area contributed by atoms with Crippen molar-refractivity contribution in [3.05, 3.63) is 111 Å². The average Bonchev–Trinajstić information content (AvgIpc) is 3.01. The van der Waals surface area contributed by atoms with Gasteiger partial charge in [-0.05, 0) is 95.2 Å². The first-order chi connectivity index (χ1) is 20.9. The monoisotopic (exact) mass is 697 g/mol. The summed E-state index contributed by atoms with van der Waals surface area (Å²) < 4.78 is 36.5. The minimum atomic E-state index is -0.430. The van der Waals surface area contributed by atoms with Gasteiger partial charge in [0.05, 0.1) is 23.5 Å². The number of hydrogen-bond donors (Lipinski definition) is 2. The fraction of sp³-hybridized carbons (Fsp3) is 0.156. The molecule has 0 bridgehead atoms. The number of nitrogens with zero attached hydrogens (tertiary/aromatic N) is 1. The zero-order chi connectivity index (χ0) is 30.6. The SMILES string of the molecule is CCOc1cc(C(=O)N/N=C/c2cc(I)c(OCC(=O)Nc3ccc(F)cc3)c(OC)c2)ccc1OCc1ccccc1. The molecule has 0 saturated carbocycles. The summed E-state index contributed by atoms with van der Waals surface area (Å²) in [5, 5.41) is 6.71. The lowest BCUT2D eigenvalue weighted by molar-refractivity contribution is -0.118. The van der Waals surface area contributed by atoms with E-state index in [1.54, 1.807) is 30.3 Å². The standard InChI is InChI=1S/C32H29FIN3O6/c1-3-41-28-17-23(9-14-27(28)42-19-21-7-5-4-6-8-21)32(39)37-35-18-22-15-26(34)31(29(16-22)40-2)43-20-30(38)36-25-12-10-24(33)11-13-25/h4-18H,3,19-20H2,1-2H3,(H,36,38)(H,37,39)/b35-18+. The Kier molecular flexibility index (Phi) is 11.3. The number of halogens is 2. The number of amides is 2. The quantitative estimate of drug-likeness (QED) is 0.0980. The van der Waals surface area contributed by atoms with Gasteiger partial charge in [-0.3, -0.25) is 9.59 Å². The van der Waals surface area contributed by atoms with Crippen LogP contribution in [0, 0.1) is 9.39 Å². The maximum atomic E-state index is 13.1. The molecular formula is C32H29FIN3O6. The van der Waals surface area contributed by atoms with E-state index in [4.69, 9.17) is 18.9 Å². The molecule has 0 aliphatic heterocycles. The fourth-order valence-corrected chi connectivity index (χ4v) is 4.61. The fourth-order valence-electron chi connectivity index (χ4n) is 3.82. The Labute approximate surface area is 262 Å². The number of hydrogen-bond acceptors (Lipinski definition) is 7. The average molecular weight is 698 g/mol. The number of rotatable bonds is 13. The highest BCUT2D eigenvalue weighted by atomic mass is 127. The number of methoxy groups -OCH3 is 1. The Morgan fingerprint density at radius 2 is 1.67 bits per heavy atom. The summed E-state index contributed by atoms with van der Waals surface area (Å²) in [6, 6.07) is 23.5. The van der Waals surface area contributed by atoms with E-state index in [-0.39, 0.29) is 6.61 Å². The van der Waals surface area contributed by atoms with E-state index in [1.165, 1.54) is 37.6 Å². The van der Waals surface area contributed by atoms with Crippen molar-refractivity contribution in [1.82, 2.24) is 5.43 Å². The van der Waals surface area contributed by atoms with Gasteiger partial charge in [-0.15, -0.1) is 0 Å². The molecule has 4 aromatic rings. The number of ether oxygens (including phenoxy) is 4. The number of hydrazone groups is 1.